The summed E-state index contributed by atoms with van der Waals surface area (Å²) in [5.74, 6) is -3.16. The number of halogens is 2. The summed E-state index contributed by atoms with van der Waals surface area (Å²) in [7, 11) is 0. The van der Waals surface area contributed by atoms with Crippen molar-refractivity contribution in [2.75, 3.05) is 13.2 Å². The molecule has 0 saturated heterocycles. The summed E-state index contributed by atoms with van der Waals surface area (Å²) < 4.78 is 26.1. The van der Waals surface area contributed by atoms with E-state index in [4.69, 9.17) is 5.11 Å². The van der Waals surface area contributed by atoms with Crippen molar-refractivity contribution in [1.29, 1.82) is 0 Å². The molecule has 7 heteroatoms. The molecule has 0 heterocycles. The van der Waals surface area contributed by atoms with Crippen molar-refractivity contribution in [3.8, 4) is 0 Å². The van der Waals surface area contributed by atoms with E-state index in [-0.39, 0.29) is 30.7 Å². The van der Waals surface area contributed by atoms with Crippen molar-refractivity contribution in [1.82, 2.24) is 10.6 Å². The van der Waals surface area contributed by atoms with Gasteiger partial charge in [-0.1, -0.05) is 6.92 Å². The Morgan fingerprint density at radius 2 is 1.95 bits per heavy atom. The highest BCUT2D eigenvalue weighted by Gasteiger charge is 2.16. The summed E-state index contributed by atoms with van der Waals surface area (Å²) >= 11 is 0. The maximum atomic E-state index is 13.4. The van der Waals surface area contributed by atoms with Crippen LogP contribution in [-0.4, -0.2) is 36.1 Å². The van der Waals surface area contributed by atoms with Crippen LogP contribution in [0, 0.1) is 17.6 Å². The van der Waals surface area contributed by atoms with Crippen molar-refractivity contribution < 1.29 is 23.5 Å². The fraction of sp³-hybridized carbons (Fsp3) is 0.429. The number of hydrogen-bond donors (Lipinski definition) is 3. The number of aliphatic hydroxyl groups excluding tert-OH is 1. The molecule has 1 rings (SSSR count). The van der Waals surface area contributed by atoms with Crippen LogP contribution < -0.4 is 10.6 Å². The number of rotatable bonds is 6. The number of carbonyl (C=O) groups excluding carboxylic acids is 2. The first kappa shape index (κ1) is 17.0. The first-order valence-corrected chi connectivity index (χ1v) is 6.48. The lowest BCUT2D eigenvalue weighted by molar-refractivity contribution is -0.121. The number of benzene rings is 1. The predicted molar refractivity (Wildman–Crippen MR) is 72.5 cm³/mol. The van der Waals surface area contributed by atoms with Gasteiger partial charge in [0, 0.05) is 18.7 Å². The van der Waals surface area contributed by atoms with E-state index in [1.165, 1.54) is 0 Å². The van der Waals surface area contributed by atoms with Gasteiger partial charge in [-0.3, -0.25) is 9.59 Å². The second kappa shape index (κ2) is 7.68. The molecule has 2 atom stereocenters. The molecule has 5 nitrogen and oxygen atoms in total. The summed E-state index contributed by atoms with van der Waals surface area (Å²) in [6.45, 7) is 3.07. The van der Waals surface area contributed by atoms with Crippen LogP contribution >= 0.6 is 0 Å². The molecule has 21 heavy (non-hydrogen) atoms. The zero-order valence-electron chi connectivity index (χ0n) is 11.8. The fourth-order valence-electron chi connectivity index (χ4n) is 1.53. The topological polar surface area (TPSA) is 78.4 Å². The van der Waals surface area contributed by atoms with Gasteiger partial charge in [0.15, 0.2) is 0 Å². The highest BCUT2D eigenvalue weighted by atomic mass is 19.1. The summed E-state index contributed by atoms with van der Waals surface area (Å²) in [6, 6.07) is 2.30. The number of aliphatic hydroxyl groups is 1. The highest BCUT2D eigenvalue weighted by Crippen LogP contribution is 2.09. The van der Waals surface area contributed by atoms with Crippen LogP contribution in [0.4, 0.5) is 8.78 Å². The van der Waals surface area contributed by atoms with Crippen LogP contribution in [0.1, 0.15) is 24.2 Å². The van der Waals surface area contributed by atoms with Gasteiger partial charge in [0.1, 0.15) is 11.6 Å². The van der Waals surface area contributed by atoms with Gasteiger partial charge in [-0.15, -0.1) is 0 Å². The molecule has 0 aliphatic heterocycles. The summed E-state index contributed by atoms with van der Waals surface area (Å²) in [5.41, 5.74) is -0.332. The van der Waals surface area contributed by atoms with E-state index in [1.54, 1.807) is 13.8 Å². The minimum Gasteiger partial charge on any atom is -0.396 e. The molecule has 116 valence electrons. The zero-order valence-corrected chi connectivity index (χ0v) is 11.8. The number of hydrogen-bond acceptors (Lipinski definition) is 3. The van der Waals surface area contributed by atoms with Gasteiger partial charge in [0.25, 0.3) is 5.91 Å². The number of amides is 2. The van der Waals surface area contributed by atoms with Crippen LogP contribution in [0.25, 0.3) is 0 Å². The van der Waals surface area contributed by atoms with Crippen LogP contribution in [-0.2, 0) is 4.79 Å². The molecule has 2 amide bonds. The third-order valence-electron chi connectivity index (χ3n) is 3.12. The van der Waals surface area contributed by atoms with E-state index in [2.05, 4.69) is 10.6 Å². The highest BCUT2D eigenvalue weighted by molar-refractivity contribution is 5.96. The number of nitrogens with one attached hydrogen (secondary N) is 2. The Hall–Kier alpha value is -2.02. The Labute approximate surface area is 121 Å². The molecule has 0 radical (unpaired) electrons. The largest absolute Gasteiger partial charge is 0.396 e. The fourth-order valence-corrected chi connectivity index (χ4v) is 1.53. The monoisotopic (exact) mass is 300 g/mol. The Kier molecular flexibility index (Phi) is 6.23. The zero-order chi connectivity index (χ0) is 16.0. The van der Waals surface area contributed by atoms with Gasteiger partial charge in [0.05, 0.1) is 12.1 Å². The van der Waals surface area contributed by atoms with Gasteiger partial charge in [0.2, 0.25) is 5.91 Å². The molecule has 2 unspecified atom stereocenters. The van der Waals surface area contributed by atoms with Gasteiger partial charge in [-0.05, 0) is 25.0 Å². The van der Waals surface area contributed by atoms with Crippen molar-refractivity contribution >= 4 is 11.8 Å². The van der Waals surface area contributed by atoms with E-state index in [9.17, 15) is 18.4 Å². The Morgan fingerprint density at radius 1 is 1.29 bits per heavy atom. The predicted octanol–water partition coefficient (Wildman–Crippen LogP) is 0.828. The third-order valence-corrected chi connectivity index (χ3v) is 3.12. The van der Waals surface area contributed by atoms with E-state index < -0.39 is 23.4 Å². The molecule has 0 saturated carbocycles. The Morgan fingerprint density at radius 3 is 2.52 bits per heavy atom. The Bertz CT molecular complexity index is 523. The molecule has 1 aromatic carbocycles. The maximum absolute atomic E-state index is 13.4. The second-order valence-electron chi connectivity index (χ2n) is 4.82. The third kappa shape index (κ3) is 5.11. The molecule has 3 N–H and O–H groups in total. The summed E-state index contributed by atoms with van der Waals surface area (Å²) in [5, 5.41) is 13.8. The molecular weight excluding hydrogens is 282 g/mol. The lowest BCUT2D eigenvalue weighted by atomic mass is 10.1. The molecule has 0 fully saturated rings. The van der Waals surface area contributed by atoms with Crippen molar-refractivity contribution in [3.05, 3.63) is 35.4 Å². The minimum absolute atomic E-state index is 0.0748. The van der Waals surface area contributed by atoms with Crippen LogP contribution in [0.3, 0.4) is 0 Å². The molecule has 0 aliphatic rings. The maximum Gasteiger partial charge on any atom is 0.254 e. The van der Waals surface area contributed by atoms with Crippen LogP contribution in [0.5, 0.6) is 0 Å². The van der Waals surface area contributed by atoms with E-state index in [0.29, 0.717) is 6.07 Å². The van der Waals surface area contributed by atoms with E-state index in [0.717, 1.165) is 12.1 Å². The quantitative estimate of drug-likeness (QED) is 0.728. The van der Waals surface area contributed by atoms with Gasteiger partial charge < -0.3 is 15.7 Å². The normalized spacial score (nSPS) is 13.4. The van der Waals surface area contributed by atoms with Gasteiger partial charge in [-0.25, -0.2) is 8.78 Å². The van der Waals surface area contributed by atoms with Crippen molar-refractivity contribution in [2.24, 2.45) is 5.92 Å². The SMILES string of the molecule is CC(CO)C(C)NC(=O)CNC(=O)c1ccc(F)cc1F. The van der Waals surface area contributed by atoms with Gasteiger partial charge in [-0.2, -0.15) is 0 Å². The molecule has 1 aromatic rings. The smallest absolute Gasteiger partial charge is 0.254 e. The molecule has 0 aliphatic carbocycles. The second-order valence-corrected chi connectivity index (χ2v) is 4.82. The molecule has 0 aromatic heterocycles. The van der Waals surface area contributed by atoms with Crippen molar-refractivity contribution in [2.45, 2.75) is 19.9 Å². The van der Waals surface area contributed by atoms with Crippen LogP contribution in [0.2, 0.25) is 0 Å². The summed E-state index contributed by atoms with van der Waals surface area (Å²) in [6.07, 6.45) is 0. The standard InChI is InChI=1S/C14H18F2N2O3/c1-8(7-19)9(2)18-13(20)6-17-14(21)11-4-3-10(15)5-12(11)16/h3-5,8-9,19H,6-7H2,1-2H3,(H,17,21)(H,18,20). The number of carbonyl (C=O) groups is 2. The van der Waals surface area contributed by atoms with Crippen LogP contribution in [0.15, 0.2) is 18.2 Å². The lowest BCUT2D eigenvalue weighted by Gasteiger charge is -2.19. The minimum atomic E-state index is -0.991. The average molecular weight is 300 g/mol. The average Bonchev–Trinajstić information content (AvgIpc) is 2.43. The van der Waals surface area contributed by atoms with Gasteiger partial charge >= 0.3 is 0 Å². The summed E-state index contributed by atoms with van der Waals surface area (Å²) in [4.78, 5) is 23.3. The van der Waals surface area contributed by atoms with E-state index in [1.807, 2.05) is 0 Å². The first-order valence-electron chi connectivity index (χ1n) is 6.48. The lowest BCUT2D eigenvalue weighted by Crippen LogP contribution is -2.44. The molecule has 0 bridgehead atoms. The van der Waals surface area contributed by atoms with E-state index >= 15 is 0 Å². The molecule has 0 spiro atoms. The first-order chi connectivity index (χ1) is 9.85. The molecular formula is C14H18F2N2O3. The Balaban J connectivity index is 2.51. The van der Waals surface area contributed by atoms with Crippen molar-refractivity contribution in [3.63, 3.8) is 0 Å².